The lowest BCUT2D eigenvalue weighted by molar-refractivity contribution is 0.669. The second-order valence-corrected chi connectivity index (χ2v) is 19.2. The van der Waals surface area contributed by atoms with Crippen molar-refractivity contribution in [1.82, 2.24) is 9.97 Å². The molecular weight excluding hydrogens is 949 g/mol. The summed E-state index contributed by atoms with van der Waals surface area (Å²) in [5, 5.41) is 1.55. The molecule has 0 fully saturated rings. The molecule has 2 heterocycles. The molecule has 0 saturated carbocycles. The quantitative estimate of drug-likeness (QED) is 0.136. The molecule has 36 radical (unpaired) electrons. The van der Waals surface area contributed by atoms with Gasteiger partial charge in [0, 0.05) is 44.5 Å². The molecule has 0 aliphatic rings. The van der Waals surface area contributed by atoms with E-state index in [1.807, 2.05) is 97.1 Å². The number of para-hydroxylation sites is 1. The smallest absolute Gasteiger partial charge is 0.160 e. The first-order valence-corrected chi connectivity index (χ1v) is 24.6. The molecule has 0 amide bonds. The molecule has 0 unspecified atom stereocenters. The van der Waals surface area contributed by atoms with Gasteiger partial charge in [-0.25, -0.2) is 9.97 Å². The Morgan fingerprint density at radius 2 is 0.675 bits per heavy atom. The summed E-state index contributed by atoms with van der Waals surface area (Å²) in [4.78, 5) is 11.6. The molecule has 4 nitrogen and oxygen atoms in total. The Hall–Kier alpha value is -7.17. The SMILES string of the molecule is [B]c1c([B])c([B])c(-c2c([B])c([B])c([B])c(N(c3c([B])c([B])c([B])c([B])c3[B])c3c([B])c([B])c(-c4cc(-c5cc(-c6ccc(-c7ccccc7)cc6)nc(-c6ccccc6)n5)c5c(c4)oc4ccccc45)c([B])c3[B])c2[B])c([B])c1[B]. The highest BCUT2D eigenvalue weighted by Gasteiger charge is 2.30. The van der Waals surface area contributed by atoms with Gasteiger partial charge in [0.15, 0.2) is 5.82 Å². The third-order valence-corrected chi connectivity index (χ3v) is 14.6. The molecule has 0 saturated heterocycles. The molecule has 328 valence electrons. The van der Waals surface area contributed by atoms with E-state index < -0.39 is 0 Å². The van der Waals surface area contributed by atoms with E-state index in [4.69, 9.17) is 156 Å². The molecule has 0 aliphatic carbocycles. The van der Waals surface area contributed by atoms with Gasteiger partial charge in [-0.2, -0.15) is 0 Å². The Kier molecular flexibility index (Phi) is 14.4. The zero-order chi connectivity index (χ0) is 56.9. The van der Waals surface area contributed by atoms with Crippen LogP contribution in [0.5, 0.6) is 0 Å². The van der Waals surface area contributed by atoms with Crippen LogP contribution < -0.4 is 103 Å². The van der Waals surface area contributed by atoms with Gasteiger partial charge in [-0.15, -0.1) is 38.2 Å². The minimum atomic E-state index is -0.254. The van der Waals surface area contributed by atoms with Crippen molar-refractivity contribution in [1.29, 1.82) is 0 Å². The second kappa shape index (κ2) is 21.1. The molecule has 22 heteroatoms. The number of benzene rings is 9. The lowest BCUT2D eigenvalue weighted by atomic mass is 9.56. The van der Waals surface area contributed by atoms with Crippen LogP contribution in [0.4, 0.5) is 17.1 Å². The van der Waals surface area contributed by atoms with Gasteiger partial charge in [-0.1, -0.05) is 163 Å². The first kappa shape index (κ1) is 54.8. The summed E-state index contributed by atoms with van der Waals surface area (Å²) in [6.07, 6.45) is 0. The number of aromatic nitrogens is 2. The predicted molar refractivity (Wildman–Crippen MR) is 354 cm³/mol. The summed E-state index contributed by atoms with van der Waals surface area (Å²) >= 11 is 0. The van der Waals surface area contributed by atoms with Crippen molar-refractivity contribution in [2.75, 3.05) is 4.90 Å². The fraction of sp³-hybridized carbons (Fsp3) is 0. The minimum absolute atomic E-state index is 0.0332. The van der Waals surface area contributed by atoms with Gasteiger partial charge in [0.1, 0.15) is 152 Å². The van der Waals surface area contributed by atoms with Crippen LogP contribution >= 0.6 is 0 Å². The summed E-state index contributed by atoms with van der Waals surface area (Å²) in [6, 6.07) is 41.2. The van der Waals surface area contributed by atoms with Gasteiger partial charge in [0.25, 0.3) is 0 Å². The average molecular weight is 970 g/mol. The van der Waals surface area contributed by atoms with E-state index in [0.29, 0.717) is 39.5 Å². The van der Waals surface area contributed by atoms with E-state index in [2.05, 4.69) is 24.3 Å². The Bertz CT molecular complexity index is 4320. The number of hydrogen-bond acceptors (Lipinski definition) is 4. The largest absolute Gasteiger partial charge is 0.456 e. The Morgan fingerprint density at radius 1 is 0.287 bits per heavy atom. The van der Waals surface area contributed by atoms with Crippen LogP contribution in [0, 0.1) is 0 Å². The highest BCUT2D eigenvalue weighted by Crippen LogP contribution is 2.41. The van der Waals surface area contributed by atoms with Crippen molar-refractivity contribution in [2.45, 2.75) is 0 Å². The van der Waals surface area contributed by atoms with Crippen molar-refractivity contribution >= 4 is 279 Å². The van der Waals surface area contributed by atoms with Crippen molar-refractivity contribution in [3.63, 3.8) is 0 Å². The molecule has 0 spiro atoms. The van der Waals surface area contributed by atoms with Crippen molar-refractivity contribution in [2.24, 2.45) is 0 Å². The van der Waals surface area contributed by atoms with Crippen LogP contribution in [-0.4, -0.2) is 151 Å². The van der Waals surface area contributed by atoms with Gasteiger partial charge in [0.05, 0.1) is 11.4 Å². The van der Waals surface area contributed by atoms with Crippen LogP contribution in [-0.2, 0) is 0 Å². The molecule has 2 aromatic heterocycles. The summed E-state index contributed by atoms with van der Waals surface area (Å²) in [6.45, 7) is 0. The molecule has 0 bridgehead atoms. The predicted octanol–water partition coefficient (Wildman–Crippen LogP) is -5.86. The number of nitrogens with zero attached hydrogens (tertiary/aromatic N) is 3. The van der Waals surface area contributed by atoms with E-state index in [1.165, 1.54) is 4.90 Å². The molecular formula is C58H21B18N3O. The monoisotopic (exact) mass is 973 g/mol. The van der Waals surface area contributed by atoms with Crippen LogP contribution in [0.1, 0.15) is 0 Å². The van der Waals surface area contributed by atoms with Gasteiger partial charge >= 0.3 is 0 Å². The number of furan rings is 1. The normalized spacial score (nSPS) is 11.4. The molecule has 11 rings (SSSR count). The fourth-order valence-corrected chi connectivity index (χ4v) is 10.3. The lowest BCUT2D eigenvalue weighted by Gasteiger charge is -2.40. The zero-order valence-electron chi connectivity index (χ0n) is 42.8. The van der Waals surface area contributed by atoms with E-state index in [9.17, 15) is 0 Å². The van der Waals surface area contributed by atoms with Gasteiger partial charge in [0.2, 0.25) is 0 Å². The maximum atomic E-state index is 7.29. The first-order valence-electron chi connectivity index (χ1n) is 24.6. The van der Waals surface area contributed by atoms with Crippen LogP contribution in [0.25, 0.3) is 89.2 Å². The summed E-state index contributed by atoms with van der Waals surface area (Å²) in [5.41, 5.74) is 3.58. The number of fused-ring (bicyclic) bond motifs is 3. The summed E-state index contributed by atoms with van der Waals surface area (Å²) in [5.74, 6) is 0.467. The number of rotatable bonds is 9. The van der Waals surface area contributed by atoms with Crippen molar-refractivity contribution in [3.05, 3.63) is 127 Å². The second-order valence-electron chi connectivity index (χ2n) is 19.2. The van der Waals surface area contributed by atoms with E-state index in [0.717, 1.165) is 33.0 Å². The average Bonchev–Trinajstić information content (AvgIpc) is 3.92. The van der Waals surface area contributed by atoms with Gasteiger partial charge in [-0.05, 0) is 57.6 Å². The topological polar surface area (TPSA) is 42.2 Å². The lowest BCUT2D eigenvalue weighted by Crippen LogP contribution is -2.59. The highest BCUT2D eigenvalue weighted by atomic mass is 16.3. The van der Waals surface area contributed by atoms with Gasteiger partial charge < -0.3 is 9.32 Å². The Labute approximate surface area is 489 Å². The third-order valence-electron chi connectivity index (χ3n) is 14.6. The van der Waals surface area contributed by atoms with Crippen LogP contribution in [0.15, 0.2) is 132 Å². The Morgan fingerprint density at radius 3 is 1.23 bits per heavy atom. The van der Waals surface area contributed by atoms with E-state index in [1.54, 1.807) is 6.07 Å². The zero-order valence-corrected chi connectivity index (χ0v) is 42.8. The number of hydrogen-bond donors (Lipinski definition) is 0. The molecule has 0 aliphatic heterocycles. The van der Waals surface area contributed by atoms with Crippen LogP contribution in [0.2, 0.25) is 0 Å². The number of anilines is 3. The molecule has 9 aromatic carbocycles. The van der Waals surface area contributed by atoms with E-state index in [-0.39, 0.29) is 132 Å². The summed E-state index contributed by atoms with van der Waals surface area (Å²) < 4.78 is 6.62. The molecule has 11 aromatic rings. The molecule has 80 heavy (non-hydrogen) atoms. The standard InChI is InChI=1S/C58H21B18N3O/c59-37-33(26-19-28(34-27-13-7-8-14-31(27)80-32(34)20-26)30-21-29(77-58(78-30)25-11-5-2-6-12-25)24-17-15-23(16-18-24)22-9-3-1-4-10-22)38(60)51(73)56(50(37)72)79(57-53(75)48(70)47(69)49(71)54(57)76)55-42(64)36(41(63)45(67)52(55)74)35-39(61)43(65)46(68)44(66)40(35)62/h1-21H. The highest BCUT2D eigenvalue weighted by molar-refractivity contribution is 6.73. The Balaban J connectivity index is 1.18. The van der Waals surface area contributed by atoms with Crippen molar-refractivity contribution in [3.8, 4) is 67.3 Å². The minimum Gasteiger partial charge on any atom is -0.456 e. The third kappa shape index (κ3) is 8.82. The molecule has 0 atom stereocenters. The first-order chi connectivity index (χ1) is 38.2. The maximum absolute atomic E-state index is 7.29. The maximum Gasteiger partial charge on any atom is 0.160 e. The van der Waals surface area contributed by atoms with Crippen molar-refractivity contribution < 1.29 is 4.42 Å². The van der Waals surface area contributed by atoms with Gasteiger partial charge in [-0.3, -0.25) is 0 Å². The van der Waals surface area contributed by atoms with E-state index >= 15 is 0 Å². The fourth-order valence-electron chi connectivity index (χ4n) is 10.3. The van der Waals surface area contributed by atoms with Crippen LogP contribution in [0.3, 0.4) is 0 Å². The molecule has 0 N–H and O–H groups in total. The summed E-state index contributed by atoms with van der Waals surface area (Å²) in [7, 11) is 122.